The number of carboxylic acids is 1. The lowest BCUT2D eigenvalue weighted by Gasteiger charge is -2.20. The van der Waals surface area contributed by atoms with Crippen molar-refractivity contribution in [1.29, 1.82) is 5.41 Å². The van der Waals surface area contributed by atoms with Crippen LogP contribution in [0.4, 0.5) is 0 Å². The lowest BCUT2D eigenvalue weighted by atomic mass is 10.0. The van der Waals surface area contributed by atoms with Gasteiger partial charge in [0.15, 0.2) is 5.96 Å². The van der Waals surface area contributed by atoms with Crippen LogP contribution in [0.3, 0.4) is 0 Å². The summed E-state index contributed by atoms with van der Waals surface area (Å²) in [4.78, 5) is 24.0. The van der Waals surface area contributed by atoms with Gasteiger partial charge >= 0.3 is 5.97 Å². The zero-order valence-corrected chi connectivity index (χ0v) is 21.1. The topological polar surface area (TPSA) is 93.5 Å². The first-order chi connectivity index (χ1) is 15.5. The molecule has 0 saturated heterocycles. The van der Waals surface area contributed by atoms with Gasteiger partial charge in [0.1, 0.15) is 6.54 Å². The molecule has 0 aliphatic carbocycles. The highest BCUT2D eigenvalue weighted by atomic mass is 16.4. The number of nitrogens with one attached hydrogen (secondary N) is 2. The lowest BCUT2D eigenvalue weighted by Crippen LogP contribution is -2.45. The summed E-state index contributed by atoms with van der Waals surface area (Å²) in [7, 11) is 1.52. The van der Waals surface area contributed by atoms with Gasteiger partial charge in [0.2, 0.25) is 5.91 Å². The Bertz CT molecular complexity index is 483. The first kappa shape index (κ1) is 30.4. The summed E-state index contributed by atoms with van der Waals surface area (Å²) in [5.74, 6) is -1.56. The summed E-state index contributed by atoms with van der Waals surface area (Å²) in [6.45, 7) is 1.81. The van der Waals surface area contributed by atoms with Crippen LogP contribution in [-0.4, -0.2) is 41.4 Å². The van der Waals surface area contributed by atoms with Crippen molar-refractivity contribution < 1.29 is 14.7 Å². The highest BCUT2D eigenvalue weighted by Crippen LogP contribution is 2.15. The van der Waals surface area contributed by atoms with Gasteiger partial charge in [-0.15, -0.1) is 0 Å². The molecule has 0 rings (SSSR count). The van der Waals surface area contributed by atoms with E-state index < -0.39 is 12.5 Å². The van der Waals surface area contributed by atoms with Gasteiger partial charge in [0.25, 0.3) is 0 Å². The minimum atomic E-state index is -1.11. The Morgan fingerprint density at radius 1 is 0.688 bits per heavy atom. The van der Waals surface area contributed by atoms with Crippen molar-refractivity contribution in [3.63, 3.8) is 0 Å². The van der Waals surface area contributed by atoms with Crippen LogP contribution >= 0.6 is 0 Å². The van der Waals surface area contributed by atoms with E-state index in [1.807, 2.05) is 0 Å². The van der Waals surface area contributed by atoms with E-state index in [1.54, 1.807) is 0 Å². The Hall–Kier alpha value is -1.59. The molecule has 6 nitrogen and oxygen atoms in total. The fourth-order valence-electron chi connectivity index (χ4n) is 4.05. The van der Waals surface area contributed by atoms with Crippen molar-refractivity contribution in [3.8, 4) is 0 Å². The van der Waals surface area contributed by atoms with Crippen molar-refractivity contribution in [3.05, 3.63) is 0 Å². The predicted octanol–water partition coefficient (Wildman–Crippen LogP) is 6.88. The van der Waals surface area contributed by atoms with E-state index in [1.165, 1.54) is 110 Å². The van der Waals surface area contributed by atoms with Gasteiger partial charge in [-0.05, 0) is 6.42 Å². The number of hydrogen-bond donors (Lipinski definition) is 3. The quantitative estimate of drug-likeness (QED) is 0.0946. The molecule has 0 aromatic rings. The maximum absolute atomic E-state index is 12.1. The van der Waals surface area contributed by atoms with Gasteiger partial charge in [-0.3, -0.25) is 19.9 Å². The molecule has 32 heavy (non-hydrogen) atoms. The maximum atomic E-state index is 12.1. The highest BCUT2D eigenvalue weighted by Gasteiger charge is 2.19. The van der Waals surface area contributed by atoms with Crippen molar-refractivity contribution in [2.45, 2.75) is 135 Å². The molecule has 1 amide bonds. The molecule has 6 heteroatoms. The standard InChI is InChI=1S/C26H51N3O3/c1-3-4-5-6-7-8-9-10-11-12-13-14-15-16-17-18-19-20-21-22-24(30)29(23-25(31)32)26(27)28-2/h3-23H2,1-2H3,(H2,27,28)(H,31,32). The summed E-state index contributed by atoms with van der Waals surface area (Å²) < 4.78 is 0. The van der Waals surface area contributed by atoms with Crippen LogP contribution in [0.15, 0.2) is 0 Å². The summed E-state index contributed by atoms with van der Waals surface area (Å²) in [6.07, 6.45) is 25.1. The number of carboxylic acid groups (broad SMARTS) is 1. The number of aliphatic carboxylic acids is 1. The van der Waals surface area contributed by atoms with Gasteiger partial charge in [0.05, 0.1) is 0 Å². The van der Waals surface area contributed by atoms with Crippen molar-refractivity contribution >= 4 is 17.8 Å². The first-order valence-electron chi connectivity index (χ1n) is 13.3. The van der Waals surface area contributed by atoms with E-state index in [4.69, 9.17) is 10.5 Å². The van der Waals surface area contributed by atoms with Crippen LogP contribution in [-0.2, 0) is 9.59 Å². The average molecular weight is 454 g/mol. The number of rotatable bonds is 22. The Labute approximate surface area is 197 Å². The number of nitrogens with zero attached hydrogens (tertiary/aromatic N) is 1. The van der Waals surface area contributed by atoms with E-state index in [0.29, 0.717) is 6.42 Å². The smallest absolute Gasteiger partial charge is 0.323 e. The number of carbonyl (C=O) groups is 2. The molecule has 0 spiro atoms. The Morgan fingerprint density at radius 3 is 1.34 bits per heavy atom. The van der Waals surface area contributed by atoms with Crippen molar-refractivity contribution in [1.82, 2.24) is 10.2 Å². The molecule has 0 aliphatic rings. The van der Waals surface area contributed by atoms with Gasteiger partial charge in [-0.1, -0.05) is 122 Å². The minimum Gasteiger partial charge on any atom is -0.480 e. The maximum Gasteiger partial charge on any atom is 0.323 e. The largest absolute Gasteiger partial charge is 0.480 e. The van der Waals surface area contributed by atoms with Gasteiger partial charge in [-0.2, -0.15) is 0 Å². The Kier molecular flexibility index (Phi) is 21.5. The van der Waals surface area contributed by atoms with Crippen molar-refractivity contribution in [2.75, 3.05) is 13.6 Å². The molecule has 188 valence electrons. The van der Waals surface area contributed by atoms with Gasteiger partial charge < -0.3 is 10.4 Å². The summed E-state index contributed by atoms with van der Waals surface area (Å²) >= 11 is 0. The number of amides is 1. The fraction of sp³-hybridized carbons (Fsp3) is 0.885. The predicted molar refractivity (Wildman–Crippen MR) is 134 cm³/mol. The molecule has 0 saturated carbocycles. The van der Waals surface area contributed by atoms with Crippen LogP contribution in [0.5, 0.6) is 0 Å². The highest BCUT2D eigenvalue weighted by molar-refractivity contribution is 5.98. The van der Waals surface area contributed by atoms with E-state index in [-0.39, 0.29) is 11.9 Å². The summed E-state index contributed by atoms with van der Waals surface area (Å²) in [5, 5.41) is 19.1. The number of carbonyl (C=O) groups excluding carboxylic acids is 1. The fourth-order valence-corrected chi connectivity index (χ4v) is 4.05. The zero-order chi connectivity index (χ0) is 23.9. The molecular formula is C26H51N3O3. The number of unbranched alkanes of at least 4 members (excludes halogenated alkanes) is 18. The zero-order valence-electron chi connectivity index (χ0n) is 21.1. The van der Waals surface area contributed by atoms with Crippen LogP contribution in [0.1, 0.15) is 135 Å². The van der Waals surface area contributed by atoms with Crippen LogP contribution < -0.4 is 5.32 Å². The number of guanidine groups is 1. The molecular weight excluding hydrogens is 402 g/mol. The molecule has 3 N–H and O–H groups in total. The molecule has 0 bridgehead atoms. The second-order valence-electron chi connectivity index (χ2n) is 9.09. The molecule has 0 atom stereocenters. The molecule has 0 heterocycles. The number of hydrogen-bond acceptors (Lipinski definition) is 3. The molecule has 0 fully saturated rings. The Morgan fingerprint density at radius 2 is 1.03 bits per heavy atom. The second kappa shape index (κ2) is 22.6. The first-order valence-corrected chi connectivity index (χ1v) is 13.3. The van der Waals surface area contributed by atoms with Gasteiger partial charge in [0, 0.05) is 13.5 Å². The average Bonchev–Trinajstić information content (AvgIpc) is 2.78. The second-order valence-corrected chi connectivity index (χ2v) is 9.09. The third-order valence-corrected chi connectivity index (χ3v) is 6.10. The third-order valence-electron chi connectivity index (χ3n) is 6.10. The van der Waals surface area contributed by atoms with Crippen LogP contribution in [0, 0.1) is 5.41 Å². The monoisotopic (exact) mass is 453 g/mol. The summed E-state index contributed by atoms with van der Waals surface area (Å²) in [6, 6.07) is 0. The third kappa shape index (κ3) is 19.1. The normalized spacial score (nSPS) is 10.8. The lowest BCUT2D eigenvalue weighted by molar-refractivity contribution is -0.141. The van der Waals surface area contributed by atoms with Crippen molar-refractivity contribution in [2.24, 2.45) is 0 Å². The van der Waals surface area contributed by atoms with E-state index in [9.17, 15) is 9.59 Å². The van der Waals surface area contributed by atoms with Gasteiger partial charge in [-0.25, -0.2) is 0 Å². The summed E-state index contributed by atoms with van der Waals surface area (Å²) in [5.41, 5.74) is 0. The molecule has 0 aliphatic heterocycles. The van der Waals surface area contributed by atoms with Crippen LogP contribution in [0.25, 0.3) is 0 Å². The molecule has 0 aromatic carbocycles. The SMILES string of the molecule is CCCCCCCCCCCCCCCCCCCCCC(=O)N(CC(=O)O)C(=N)NC. The van der Waals surface area contributed by atoms with E-state index in [0.717, 1.165) is 24.2 Å². The minimum absolute atomic E-state index is 0.157. The molecule has 0 aromatic heterocycles. The molecule has 0 unspecified atom stereocenters. The van der Waals surface area contributed by atoms with E-state index >= 15 is 0 Å². The Balaban J connectivity index is 3.41. The molecule has 0 radical (unpaired) electrons. The van der Waals surface area contributed by atoms with Crippen LogP contribution in [0.2, 0.25) is 0 Å². The van der Waals surface area contributed by atoms with E-state index in [2.05, 4.69) is 12.2 Å².